The highest BCUT2D eigenvalue weighted by atomic mass is 79.9. The lowest BCUT2D eigenvalue weighted by Gasteiger charge is -2.05. The average molecular weight is 309 g/mol. The van der Waals surface area contributed by atoms with Crippen molar-refractivity contribution in [3.63, 3.8) is 0 Å². The van der Waals surface area contributed by atoms with Gasteiger partial charge in [0.05, 0.1) is 23.4 Å². The van der Waals surface area contributed by atoms with Crippen LogP contribution < -0.4 is 4.74 Å². The molecule has 0 aliphatic carbocycles. The standard InChI is InChI=1S/C14H13BrO3/c1-9-11(5-6-18-9)13(16)8-10-3-4-14(17-2)12(15)7-10/h3-7H,8H2,1-2H3. The number of rotatable bonds is 4. The van der Waals surface area contributed by atoms with Crippen molar-refractivity contribution >= 4 is 21.7 Å². The lowest BCUT2D eigenvalue weighted by atomic mass is 10.0. The van der Waals surface area contributed by atoms with Crippen LogP contribution in [0.25, 0.3) is 0 Å². The van der Waals surface area contributed by atoms with Gasteiger partial charge in [0.25, 0.3) is 0 Å². The highest BCUT2D eigenvalue weighted by molar-refractivity contribution is 9.10. The molecule has 0 atom stereocenters. The number of hydrogen-bond donors (Lipinski definition) is 0. The Bertz CT molecular complexity index is 572. The van der Waals surface area contributed by atoms with E-state index in [0.29, 0.717) is 17.7 Å². The van der Waals surface area contributed by atoms with E-state index in [4.69, 9.17) is 9.15 Å². The monoisotopic (exact) mass is 308 g/mol. The second-order valence-corrected chi connectivity index (χ2v) is 4.81. The van der Waals surface area contributed by atoms with Crippen LogP contribution in [0.1, 0.15) is 21.7 Å². The van der Waals surface area contributed by atoms with Gasteiger partial charge in [-0.15, -0.1) is 0 Å². The zero-order valence-corrected chi connectivity index (χ0v) is 11.8. The minimum absolute atomic E-state index is 0.0540. The number of benzene rings is 1. The number of aryl methyl sites for hydroxylation is 1. The normalized spacial score (nSPS) is 10.4. The molecule has 2 rings (SSSR count). The van der Waals surface area contributed by atoms with Crippen molar-refractivity contribution in [3.8, 4) is 5.75 Å². The Hall–Kier alpha value is -1.55. The van der Waals surface area contributed by atoms with Crippen LogP contribution >= 0.6 is 15.9 Å². The third-order valence-corrected chi connectivity index (χ3v) is 3.36. The fourth-order valence-electron chi connectivity index (χ4n) is 1.77. The summed E-state index contributed by atoms with van der Waals surface area (Å²) in [4.78, 5) is 12.1. The van der Waals surface area contributed by atoms with Gasteiger partial charge >= 0.3 is 0 Å². The summed E-state index contributed by atoms with van der Waals surface area (Å²) in [6, 6.07) is 7.33. The fraction of sp³-hybridized carbons (Fsp3) is 0.214. The summed E-state index contributed by atoms with van der Waals surface area (Å²) < 4.78 is 11.1. The number of furan rings is 1. The first-order valence-corrected chi connectivity index (χ1v) is 6.31. The average Bonchev–Trinajstić information content (AvgIpc) is 2.76. The maximum Gasteiger partial charge on any atom is 0.170 e. The van der Waals surface area contributed by atoms with Crippen molar-refractivity contribution < 1.29 is 13.9 Å². The molecule has 2 aromatic rings. The Kier molecular flexibility index (Phi) is 3.87. The van der Waals surface area contributed by atoms with E-state index in [1.54, 1.807) is 20.1 Å². The van der Waals surface area contributed by atoms with E-state index >= 15 is 0 Å². The molecule has 1 aromatic carbocycles. The van der Waals surface area contributed by atoms with Gasteiger partial charge in [-0.25, -0.2) is 0 Å². The van der Waals surface area contributed by atoms with Crippen LogP contribution in [0.2, 0.25) is 0 Å². The Balaban J connectivity index is 2.17. The van der Waals surface area contributed by atoms with Gasteiger partial charge < -0.3 is 9.15 Å². The number of halogens is 1. The van der Waals surface area contributed by atoms with Crippen molar-refractivity contribution in [3.05, 3.63) is 51.9 Å². The predicted octanol–water partition coefficient (Wildman–Crippen LogP) is 3.78. The quantitative estimate of drug-likeness (QED) is 0.807. The lowest BCUT2D eigenvalue weighted by molar-refractivity contribution is 0.0991. The van der Waals surface area contributed by atoms with Crippen LogP contribution in [0.5, 0.6) is 5.75 Å². The molecule has 0 radical (unpaired) electrons. The Labute approximate surface area is 114 Å². The van der Waals surface area contributed by atoms with E-state index in [0.717, 1.165) is 15.8 Å². The van der Waals surface area contributed by atoms with E-state index in [1.807, 2.05) is 18.2 Å². The summed E-state index contributed by atoms with van der Waals surface area (Å²) in [5, 5.41) is 0. The molecule has 0 saturated carbocycles. The molecule has 94 valence electrons. The van der Waals surface area contributed by atoms with Gasteiger partial charge in [0, 0.05) is 6.42 Å². The number of ether oxygens (including phenoxy) is 1. The molecule has 1 aromatic heterocycles. The summed E-state index contributed by atoms with van der Waals surface area (Å²) in [7, 11) is 1.61. The van der Waals surface area contributed by atoms with Gasteiger partial charge in [0.15, 0.2) is 5.78 Å². The van der Waals surface area contributed by atoms with Gasteiger partial charge in [-0.2, -0.15) is 0 Å². The predicted molar refractivity (Wildman–Crippen MR) is 72.2 cm³/mol. The molecule has 1 heterocycles. The Morgan fingerprint density at radius 2 is 2.17 bits per heavy atom. The molecule has 0 N–H and O–H groups in total. The summed E-state index contributed by atoms with van der Waals surface area (Å²) >= 11 is 3.41. The van der Waals surface area contributed by atoms with Crippen molar-refractivity contribution in [2.75, 3.05) is 7.11 Å². The third kappa shape index (κ3) is 2.64. The van der Waals surface area contributed by atoms with Gasteiger partial charge in [-0.3, -0.25) is 4.79 Å². The zero-order valence-electron chi connectivity index (χ0n) is 10.2. The van der Waals surface area contributed by atoms with Crippen molar-refractivity contribution in [2.24, 2.45) is 0 Å². The number of methoxy groups -OCH3 is 1. The van der Waals surface area contributed by atoms with Gasteiger partial charge in [0.2, 0.25) is 0 Å². The highest BCUT2D eigenvalue weighted by Crippen LogP contribution is 2.26. The molecule has 4 heteroatoms. The van der Waals surface area contributed by atoms with Crippen LogP contribution in [-0.2, 0) is 6.42 Å². The molecule has 18 heavy (non-hydrogen) atoms. The molecule has 0 aliphatic rings. The van der Waals surface area contributed by atoms with E-state index in [1.165, 1.54) is 6.26 Å². The van der Waals surface area contributed by atoms with E-state index in [2.05, 4.69) is 15.9 Å². The van der Waals surface area contributed by atoms with E-state index < -0.39 is 0 Å². The van der Waals surface area contributed by atoms with Crippen LogP contribution in [-0.4, -0.2) is 12.9 Å². The van der Waals surface area contributed by atoms with Gasteiger partial charge in [0.1, 0.15) is 11.5 Å². The minimum atomic E-state index is 0.0540. The summed E-state index contributed by atoms with van der Waals surface area (Å²) in [6.07, 6.45) is 1.88. The largest absolute Gasteiger partial charge is 0.496 e. The highest BCUT2D eigenvalue weighted by Gasteiger charge is 2.12. The topological polar surface area (TPSA) is 39.4 Å². The first-order valence-electron chi connectivity index (χ1n) is 5.51. The first kappa shape index (κ1) is 12.9. The van der Waals surface area contributed by atoms with Crippen LogP contribution in [0, 0.1) is 6.92 Å². The maximum absolute atomic E-state index is 12.1. The lowest BCUT2D eigenvalue weighted by Crippen LogP contribution is -2.03. The van der Waals surface area contributed by atoms with Crippen LogP contribution in [0.4, 0.5) is 0 Å². The van der Waals surface area contributed by atoms with Gasteiger partial charge in [-0.1, -0.05) is 6.07 Å². The third-order valence-electron chi connectivity index (χ3n) is 2.74. The molecule has 0 saturated heterocycles. The molecule has 3 nitrogen and oxygen atoms in total. The van der Waals surface area contributed by atoms with E-state index in [9.17, 15) is 4.79 Å². The summed E-state index contributed by atoms with van der Waals surface area (Å²) in [6.45, 7) is 1.79. The summed E-state index contributed by atoms with van der Waals surface area (Å²) in [5.74, 6) is 1.47. The molecular formula is C14H13BrO3. The number of hydrogen-bond acceptors (Lipinski definition) is 3. The second-order valence-electron chi connectivity index (χ2n) is 3.96. The Morgan fingerprint density at radius 1 is 1.39 bits per heavy atom. The molecule has 0 unspecified atom stereocenters. The first-order chi connectivity index (χ1) is 8.61. The zero-order chi connectivity index (χ0) is 13.1. The molecule has 0 bridgehead atoms. The molecule has 0 spiro atoms. The number of Topliss-reactive ketones (excluding diaryl/α,β-unsaturated/α-hetero) is 1. The maximum atomic E-state index is 12.1. The van der Waals surface area contributed by atoms with Crippen molar-refractivity contribution in [1.82, 2.24) is 0 Å². The fourth-order valence-corrected chi connectivity index (χ4v) is 2.36. The number of carbonyl (C=O) groups excluding carboxylic acids is 1. The number of carbonyl (C=O) groups is 1. The SMILES string of the molecule is COc1ccc(CC(=O)c2ccoc2C)cc1Br. The molecular weight excluding hydrogens is 296 g/mol. The smallest absolute Gasteiger partial charge is 0.170 e. The van der Waals surface area contributed by atoms with Crippen LogP contribution in [0.3, 0.4) is 0 Å². The minimum Gasteiger partial charge on any atom is -0.496 e. The van der Waals surface area contributed by atoms with Crippen LogP contribution in [0.15, 0.2) is 39.4 Å². The molecule has 0 aliphatic heterocycles. The van der Waals surface area contributed by atoms with E-state index in [-0.39, 0.29) is 5.78 Å². The molecule has 0 fully saturated rings. The second kappa shape index (κ2) is 5.40. The summed E-state index contributed by atoms with van der Waals surface area (Å²) in [5.41, 5.74) is 1.58. The van der Waals surface area contributed by atoms with Crippen molar-refractivity contribution in [1.29, 1.82) is 0 Å². The van der Waals surface area contributed by atoms with Crippen molar-refractivity contribution in [2.45, 2.75) is 13.3 Å². The molecule has 0 amide bonds. The number of ketones is 1. The van der Waals surface area contributed by atoms with Gasteiger partial charge in [-0.05, 0) is 46.6 Å². The Morgan fingerprint density at radius 3 is 2.72 bits per heavy atom.